The van der Waals surface area contributed by atoms with Gasteiger partial charge in [0, 0.05) is 6.04 Å². The van der Waals surface area contributed by atoms with E-state index < -0.39 is 0 Å². The number of likely N-dealkylation sites (tertiary alicyclic amines) is 1. The third-order valence-corrected chi connectivity index (χ3v) is 3.62. The Morgan fingerprint density at radius 1 is 0.500 bits per heavy atom. The Kier molecular flexibility index (Phi) is 36.7. The molecule has 1 heterocycles. The molecule has 0 unspecified atom stereocenters. The van der Waals surface area contributed by atoms with Crippen LogP contribution in [0.25, 0.3) is 0 Å². The van der Waals surface area contributed by atoms with Crippen LogP contribution in [0.1, 0.15) is 128 Å². The maximum Gasteiger partial charge on any atom is 0.00385 e. The average Bonchev–Trinajstić information content (AvgIpc) is 2.61. The number of nitrogens with zero attached hydrogens (tertiary/aromatic N) is 1. The van der Waals surface area contributed by atoms with E-state index in [0.717, 1.165) is 12.0 Å². The monoisotopic (exact) mass is 345 g/mol. The van der Waals surface area contributed by atoms with Crippen LogP contribution >= 0.6 is 0 Å². The molecule has 1 heteroatoms. The SMILES string of the molecule is C.C1CCCCC1.CC.CC.CC(C)C.CC(C)N1CCCCC1. The van der Waals surface area contributed by atoms with Gasteiger partial charge in [0.1, 0.15) is 0 Å². The summed E-state index contributed by atoms with van der Waals surface area (Å²) in [5, 5.41) is 0. The maximum atomic E-state index is 2.56. The summed E-state index contributed by atoms with van der Waals surface area (Å²) in [6.45, 7) is 21.7. The predicted molar refractivity (Wildman–Crippen MR) is 118 cm³/mol. The Bertz CT molecular complexity index is 151. The van der Waals surface area contributed by atoms with Crippen LogP contribution in [0, 0.1) is 5.92 Å². The first-order chi connectivity index (χ1) is 11.0. The summed E-state index contributed by atoms with van der Waals surface area (Å²) in [7, 11) is 0. The van der Waals surface area contributed by atoms with Crippen molar-refractivity contribution >= 4 is 0 Å². The van der Waals surface area contributed by atoms with Crippen LogP contribution in [-0.2, 0) is 0 Å². The maximum absolute atomic E-state index is 2.56. The molecule has 0 aromatic carbocycles. The van der Waals surface area contributed by atoms with Crippen LogP contribution in [0.5, 0.6) is 0 Å². The van der Waals surface area contributed by atoms with Gasteiger partial charge >= 0.3 is 0 Å². The molecular weight excluding hydrogens is 290 g/mol. The normalized spacial score (nSPS) is 16.6. The van der Waals surface area contributed by atoms with E-state index in [1.54, 1.807) is 0 Å². The first-order valence-electron chi connectivity index (χ1n) is 10.8. The zero-order chi connectivity index (χ0) is 18.5. The molecule has 0 N–H and O–H groups in total. The van der Waals surface area contributed by atoms with Crippen molar-refractivity contribution in [3.05, 3.63) is 0 Å². The number of rotatable bonds is 1. The number of piperidine rings is 1. The van der Waals surface area contributed by atoms with E-state index in [2.05, 4.69) is 39.5 Å². The van der Waals surface area contributed by atoms with Gasteiger partial charge in [-0.2, -0.15) is 0 Å². The molecule has 0 bridgehead atoms. The fourth-order valence-electron chi connectivity index (χ4n) is 2.50. The van der Waals surface area contributed by atoms with Gasteiger partial charge in [0.25, 0.3) is 0 Å². The highest BCUT2D eigenvalue weighted by atomic mass is 15.1. The molecule has 2 aliphatic rings. The highest BCUT2D eigenvalue weighted by Gasteiger charge is 2.11. The fraction of sp³-hybridized carbons (Fsp3) is 1.00. The summed E-state index contributed by atoms with van der Waals surface area (Å²) in [6.07, 6.45) is 13.3. The van der Waals surface area contributed by atoms with Gasteiger partial charge < -0.3 is 4.90 Å². The van der Waals surface area contributed by atoms with Gasteiger partial charge in [-0.05, 0) is 45.7 Å². The lowest BCUT2D eigenvalue weighted by Crippen LogP contribution is -2.35. The number of hydrogen-bond acceptors (Lipinski definition) is 1. The molecule has 1 nitrogen and oxygen atoms in total. The molecule has 1 saturated heterocycles. The van der Waals surface area contributed by atoms with Crippen molar-refractivity contribution in [3.8, 4) is 0 Å². The van der Waals surface area contributed by atoms with E-state index in [1.165, 1.54) is 70.9 Å². The van der Waals surface area contributed by atoms with Crippen LogP contribution < -0.4 is 0 Å². The van der Waals surface area contributed by atoms with Gasteiger partial charge in [-0.1, -0.05) is 101 Å². The second-order valence-electron chi connectivity index (χ2n) is 7.04. The lowest BCUT2D eigenvalue weighted by atomic mass is 10.0. The fourth-order valence-corrected chi connectivity index (χ4v) is 2.50. The molecule has 152 valence electrons. The summed E-state index contributed by atoms with van der Waals surface area (Å²) < 4.78 is 0. The van der Waals surface area contributed by atoms with Gasteiger partial charge in [-0.3, -0.25) is 0 Å². The summed E-state index contributed by atoms with van der Waals surface area (Å²) in [6, 6.07) is 0.769. The van der Waals surface area contributed by atoms with Crippen molar-refractivity contribution in [2.45, 2.75) is 134 Å². The summed E-state index contributed by atoms with van der Waals surface area (Å²) in [4.78, 5) is 2.56. The van der Waals surface area contributed by atoms with Gasteiger partial charge in [0.05, 0.1) is 0 Å². The molecular formula is C23H55N. The van der Waals surface area contributed by atoms with Gasteiger partial charge in [0.15, 0.2) is 0 Å². The van der Waals surface area contributed by atoms with Crippen LogP contribution in [-0.4, -0.2) is 24.0 Å². The predicted octanol–water partition coefficient (Wildman–Crippen LogP) is 8.57. The van der Waals surface area contributed by atoms with E-state index >= 15 is 0 Å². The first-order valence-corrected chi connectivity index (χ1v) is 10.8. The Morgan fingerprint density at radius 3 is 0.875 bits per heavy atom. The van der Waals surface area contributed by atoms with Crippen molar-refractivity contribution in [2.24, 2.45) is 5.92 Å². The third kappa shape index (κ3) is 29.9. The minimum Gasteiger partial charge on any atom is -0.301 e. The molecule has 1 saturated carbocycles. The van der Waals surface area contributed by atoms with Crippen molar-refractivity contribution in [1.29, 1.82) is 0 Å². The second kappa shape index (κ2) is 27.8. The van der Waals surface area contributed by atoms with Gasteiger partial charge in [-0.25, -0.2) is 0 Å². The minimum atomic E-state index is 0. The quantitative estimate of drug-likeness (QED) is 0.460. The van der Waals surface area contributed by atoms with Crippen LogP contribution in [0.15, 0.2) is 0 Å². The van der Waals surface area contributed by atoms with Crippen molar-refractivity contribution in [2.75, 3.05) is 13.1 Å². The van der Waals surface area contributed by atoms with E-state index in [1.807, 2.05) is 27.7 Å². The Morgan fingerprint density at radius 2 is 0.708 bits per heavy atom. The molecule has 0 aromatic heterocycles. The number of hydrogen-bond donors (Lipinski definition) is 0. The molecule has 24 heavy (non-hydrogen) atoms. The van der Waals surface area contributed by atoms with Crippen molar-refractivity contribution < 1.29 is 0 Å². The van der Waals surface area contributed by atoms with E-state index in [0.29, 0.717) is 0 Å². The summed E-state index contributed by atoms with van der Waals surface area (Å²) in [5.74, 6) is 0.833. The minimum absolute atomic E-state index is 0. The average molecular weight is 346 g/mol. The topological polar surface area (TPSA) is 3.24 Å². The van der Waals surface area contributed by atoms with E-state index in [-0.39, 0.29) is 7.43 Å². The smallest absolute Gasteiger partial charge is 0.00385 e. The molecule has 1 aliphatic heterocycles. The largest absolute Gasteiger partial charge is 0.301 e. The molecule has 2 rings (SSSR count). The second-order valence-corrected chi connectivity index (χ2v) is 7.04. The lowest BCUT2D eigenvalue weighted by Gasteiger charge is -2.29. The van der Waals surface area contributed by atoms with Crippen molar-refractivity contribution in [3.63, 3.8) is 0 Å². The highest BCUT2D eigenvalue weighted by Crippen LogP contribution is 2.15. The Balaban J connectivity index is -0.000000117. The van der Waals surface area contributed by atoms with Crippen LogP contribution in [0.4, 0.5) is 0 Å². The lowest BCUT2D eigenvalue weighted by molar-refractivity contribution is 0.185. The van der Waals surface area contributed by atoms with Gasteiger partial charge in [-0.15, -0.1) is 0 Å². The molecule has 0 aromatic rings. The summed E-state index contributed by atoms with van der Waals surface area (Å²) >= 11 is 0. The molecule has 1 aliphatic carbocycles. The van der Waals surface area contributed by atoms with Crippen LogP contribution in [0.3, 0.4) is 0 Å². The van der Waals surface area contributed by atoms with E-state index in [4.69, 9.17) is 0 Å². The zero-order valence-corrected chi connectivity index (χ0v) is 18.4. The molecule has 0 spiro atoms. The molecule has 0 radical (unpaired) electrons. The van der Waals surface area contributed by atoms with Crippen LogP contribution in [0.2, 0.25) is 0 Å². The Labute approximate surface area is 158 Å². The van der Waals surface area contributed by atoms with Crippen molar-refractivity contribution in [1.82, 2.24) is 4.90 Å². The molecule has 0 atom stereocenters. The first kappa shape index (κ1) is 31.7. The molecule has 0 amide bonds. The highest BCUT2D eigenvalue weighted by molar-refractivity contribution is 4.67. The Hall–Kier alpha value is -0.0400. The van der Waals surface area contributed by atoms with Gasteiger partial charge in [0.2, 0.25) is 0 Å². The zero-order valence-electron chi connectivity index (χ0n) is 18.4. The standard InChI is InChI=1S/C8H17N.C6H12.C4H10.2C2H6.CH4/c1-8(2)9-6-4-3-5-7-9;1-2-4-6-5-3-1;1-4(2)3;2*1-2;/h8H,3-7H2,1-2H3;1-6H2;4H,1-3H3;2*1-2H3;1H4. The third-order valence-electron chi connectivity index (χ3n) is 3.62. The van der Waals surface area contributed by atoms with E-state index in [9.17, 15) is 0 Å². The summed E-state index contributed by atoms with van der Waals surface area (Å²) in [5.41, 5.74) is 0. The molecule has 2 fully saturated rings.